The summed E-state index contributed by atoms with van der Waals surface area (Å²) in [5, 5.41) is 8.44. The van der Waals surface area contributed by atoms with Gasteiger partial charge in [0, 0.05) is 11.3 Å². The van der Waals surface area contributed by atoms with E-state index in [4.69, 9.17) is 0 Å². The molecular weight excluding hydrogens is 398 g/mol. The molecule has 1 aliphatic heterocycles. The van der Waals surface area contributed by atoms with Gasteiger partial charge in [0.25, 0.3) is 5.91 Å². The van der Waals surface area contributed by atoms with Gasteiger partial charge in [0.15, 0.2) is 0 Å². The Morgan fingerprint density at radius 1 is 1.03 bits per heavy atom. The summed E-state index contributed by atoms with van der Waals surface area (Å²) in [7, 11) is 1.99. The number of piperidine rings is 1. The van der Waals surface area contributed by atoms with Crippen LogP contribution in [-0.2, 0) is 4.79 Å². The van der Waals surface area contributed by atoms with Crippen molar-refractivity contribution in [1.82, 2.24) is 10.2 Å². The third kappa shape index (κ3) is 4.68. The van der Waals surface area contributed by atoms with Gasteiger partial charge in [-0.2, -0.15) is 0 Å². The number of aryl methyl sites for hydroxylation is 1. The molecule has 32 heavy (non-hydrogen) atoms. The Morgan fingerprint density at radius 3 is 2.62 bits per heavy atom. The molecule has 0 saturated carbocycles. The molecule has 5 heteroatoms. The highest BCUT2D eigenvalue weighted by Crippen LogP contribution is 2.25. The maximum Gasteiger partial charge on any atom is 0.252 e. The number of rotatable bonds is 5. The van der Waals surface area contributed by atoms with Gasteiger partial charge in [-0.25, -0.2) is 0 Å². The zero-order valence-electron chi connectivity index (χ0n) is 19.0. The van der Waals surface area contributed by atoms with Crippen LogP contribution in [-0.4, -0.2) is 36.3 Å². The van der Waals surface area contributed by atoms with Crippen LogP contribution in [0.2, 0.25) is 0 Å². The lowest BCUT2D eigenvalue weighted by Crippen LogP contribution is -2.44. The second-order valence-electron chi connectivity index (χ2n) is 8.77. The van der Waals surface area contributed by atoms with E-state index in [1.807, 2.05) is 51.2 Å². The van der Waals surface area contributed by atoms with Gasteiger partial charge in [-0.1, -0.05) is 55.0 Å². The average Bonchev–Trinajstić information content (AvgIpc) is 2.80. The molecule has 2 N–H and O–H groups in total. The summed E-state index contributed by atoms with van der Waals surface area (Å²) in [6.45, 7) is 4.85. The highest BCUT2D eigenvalue weighted by Gasteiger charge is 2.26. The maximum atomic E-state index is 13.1. The number of anilines is 1. The van der Waals surface area contributed by atoms with E-state index in [1.165, 1.54) is 0 Å². The molecule has 2 atom stereocenters. The fourth-order valence-corrected chi connectivity index (χ4v) is 4.56. The summed E-state index contributed by atoms with van der Waals surface area (Å²) < 4.78 is 0. The van der Waals surface area contributed by atoms with E-state index in [1.54, 1.807) is 6.07 Å². The number of likely N-dealkylation sites (tertiary alicyclic amines) is 1. The van der Waals surface area contributed by atoms with Gasteiger partial charge in [0.05, 0.1) is 12.1 Å². The molecule has 3 aromatic carbocycles. The zero-order chi connectivity index (χ0) is 22.7. The van der Waals surface area contributed by atoms with Crippen molar-refractivity contribution in [3.05, 3.63) is 77.4 Å². The van der Waals surface area contributed by atoms with E-state index in [0.29, 0.717) is 11.3 Å². The molecule has 0 unspecified atom stereocenters. The lowest BCUT2D eigenvalue weighted by atomic mass is 9.99. The second-order valence-corrected chi connectivity index (χ2v) is 8.77. The molecule has 3 aromatic rings. The molecule has 0 aromatic heterocycles. The molecule has 166 valence electrons. The van der Waals surface area contributed by atoms with Gasteiger partial charge in [0.1, 0.15) is 0 Å². The van der Waals surface area contributed by atoms with Gasteiger partial charge < -0.3 is 10.6 Å². The first-order chi connectivity index (χ1) is 15.4. The van der Waals surface area contributed by atoms with Crippen molar-refractivity contribution < 1.29 is 9.59 Å². The SMILES string of the molecule is Cc1ccc(NC(=O)[C@@H]2CCCCN2C)cc1C(=O)N[C@H](C)c1cccc2ccccc12. The molecule has 4 rings (SSSR count). The average molecular weight is 430 g/mol. The van der Waals surface area contributed by atoms with E-state index in [0.717, 1.165) is 47.7 Å². The number of hydrogen-bond donors (Lipinski definition) is 2. The van der Waals surface area contributed by atoms with Crippen molar-refractivity contribution >= 4 is 28.3 Å². The Bertz CT molecular complexity index is 1140. The molecule has 5 nitrogen and oxygen atoms in total. The van der Waals surface area contributed by atoms with E-state index < -0.39 is 0 Å². The van der Waals surface area contributed by atoms with Gasteiger partial charge >= 0.3 is 0 Å². The molecule has 1 heterocycles. The number of amides is 2. The zero-order valence-corrected chi connectivity index (χ0v) is 19.0. The number of carbonyl (C=O) groups excluding carboxylic acids is 2. The summed E-state index contributed by atoms with van der Waals surface area (Å²) in [5.74, 6) is -0.152. The fourth-order valence-electron chi connectivity index (χ4n) is 4.56. The molecule has 0 spiro atoms. The van der Waals surface area contributed by atoms with Gasteiger partial charge in [0.2, 0.25) is 5.91 Å². The Labute approximate surface area is 189 Å². The topological polar surface area (TPSA) is 61.4 Å². The summed E-state index contributed by atoms with van der Waals surface area (Å²) in [5.41, 5.74) is 3.19. The Kier molecular flexibility index (Phi) is 6.56. The molecule has 0 bridgehead atoms. The number of likely N-dealkylation sites (N-methyl/N-ethyl adjacent to an activating group) is 1. The standard InChI is InChI=1S/C27H31N3O2/c1-18-14-15-21(29-27(32)25-13-6-7-16-30(25)3)17-24(18)26(31)28-19(2)22-12-8-10-20-9-4-5-11-23(20)22/h4-5,8-12,14-15,17,19,25H,6-7,13,16H2,1-3H3,(H,28,31)(H,29,32)/t19-,25+/m1/s1. The van der Waals surface area contributed by atoms with Crippen molar-refractivity contribution in [1.29, 1.82) is 0 Å². The van der Waals surface area contributed by atoms with Crippen LogP contribution in [0.1, 0.15) is 53.7 Å². The van der Waals surface area contributed by atoms with Crippen LogP contribution in [0.25, 0.3) is 10.8 Å². The first kappa shape index (κ1) is 22.0. The van der Waals surface area contributed by atoms with Crippen LogP contribution in [0.3, 0.4) is 0 Å². The lowest BCUT2D eigenvalue weighted by Gasteiger charge is -2.31. The lowest BCUT2D eigenvalue weighted by molar-refractivity contribution is -0.121. The van der Waals surface area contributed by atoms with Gasteiger partial charge in [-0.3, -0.25) is 14.5 Å². The number of hydrogen-bond acceptors (Lipinski definition) is 3. The monoisotopic (exact) mass is 429 g/mol. The third-order valence-electron chi connectivity index (χ3n) is 6.46. The molecule has 1 aliphatic rings. The Balaban J connectivity index is 1.50. The number of nitrogens with zero attached hydrogens (tertiary/aromatic N) is 1. The molecule has 0 radical (unpaired) electrons. The van der Waals surface area contributed by atoms with E-state index >= 15 is 0 Å². The molecule has 1 saturated heterocycles. The van der Waals surface area contributed by atoms with Crippen molar-refractivity contribution in [2.24, 2.45) is 0 Å². The van der Waals surface area contributed by atoms with E-state index in [9.17, 15) is 9.59 Å². The first-order valence-corrected chi connectivity index (χ1v) is 11.3. The fraction of sp³-hybridized carbons (Fsp3) is 0.333. The van der Waals surface area contributed by atoms with Crippen molar-refractivity contribution in [3.8, 4) is 0 Å². The molecular formula is C27H31N3O2. The minimum Gasteiger partial charge on any atom is -0.345 e. The summed E-state index contributed by atoms with van der Waals surface area (Å²) in [6.07, 6.45) is 3.06. The van der Waals surface area contributed by atoms with Crippen LogP contribution in [0.5, 0.6) is 0 Å². The maximum absolute atomic E-state index is 13.1. The third-order valence-corrected chi connectivity index (χ3v) is 6.46. The highest BCUT2D eigenvalue weighted by atomic mass is 16.2. The van der Waals surface area contributed by atoms with E-state index in [-0.39, 0.29) is 23.9 Å². The van der Waals surface area contributed by atoms with Crippen LogP contribution in [0.15, 0.2) is 60.7 Å². The normalized spacial score (nSPS) is 17.7. The predicted molar refractivity (Wildman–Crippen MR) is 130 cm³/mol. The first-order valence-electron chi connectivity index (χ1n) is 11.3. The van der Waals surface area contributed by atoms with Crippen molar-refractivity contribution in [2.75, 3.05) is 18.9 Å². The van der Waals surface area contributed by atoms with Crippen LogP contribution >= 0.6 is 0 Å². The number of fused-ring (bicyclic) bond motifs is 1. The smallest absolute Gasteiger partial charge is 0.252 e. The minimum absolute atomic E-state index is 0.00784. The van der Waals surface area contributed by atoms with Crippen LogP contribution < -0.4 is 10.6 Å². The molecule has 2 amide bonds. The Morgan fingerprint density at radius 2 is 1.81 bits per heavy atom. The molecule has 1 fully saturated rings. The van der Waals surface area contributed by atoms with Crippen molar-refractivity contribution in [3.63, 3.8) is 0 Å². The summed E-state index contributed by atoms with van der Waals surface area (Å²) in [6, 6.07) is 19.6. The minimum atomic E-state index is -0.151. The van der Waals surface area contributed by atoms with Gasteiger partial charge in [-0.15, -0.1) is 0 Å². The van der Waals surface area contributed by atoms with E-state index in [2.05, 4.69) is 39.8 Å². The molecule has 0 aliphatic carbocycles. The van der Waals surface area contributed by atoms with Gasteiger partial charge in [-0.05, 0) is 74.3 Å². The van der Waals surface area contributed by atoms with Crippen molar-refractivity contribution in [2.45, 2.75) is 45.2 Å². The second kappa shape index (κ2) is 9.53. The van der Waals surface area contributed by atoms with Crippen LogP contribution in [0, 0.1) is 6.92 Å². The summed E-state index contributed by atoms with van der Waals surface area (Å²) >= 11 is 0. The number of carbonyl (C=O) groups is 2. The largest absolute Gasteiger partial charge is 0.345 e. The van der Waals surface area contributed by atoms with Crippen LogP contribution in [0.4, 0.5) is 5.69 Å². The highest BCUT2D eigenvalue weighted by molar-refractivity contribution is 6.00. The summed E-state index contributed by atoms with van der Waals surface area (Å²) in [4.78, 5) is 28.0. The quantitative estimate of drug-likeness (QED) is 0.596. The number of nitrogens with one attached hydrogen (secondary N) is 2. The predicted octanol–water partition coefficient (Wildman–Crippen LogP) is 5.06. The number of benzene rings is 3. The Hall–Kier alpha value is -3.18.